The smallest absolute Gasteiger partial charge is 0.325 e. The third-order valence-electron chi connectivity index (χ3n) is 1.58. The van der Waals surface area contributed by atoms with Gasteiger partial charge in [-0.3, -0.25) is 4.90 Å². The molecular formula is C6H8N4O. The van der Waals surface area contributed by atoms with E-state index >= 15 is 0 Å². The van der Waals surface area contributed by atoms with Crippen LogP contribution >= 0.6 is 0 Å². The minimum Gasteiger partial charge on any atom is -0.333 e. The SMILES string of the molecule is O=C1NCN=C2NC=CCN12. The van der Waals surface area contributed by atoms with E-state index in [0.717, 1.165) is 0 Å². The predicted molar refractivity (Wildman–Crippen MR) is 39.8 cm³/mol. The second kappa shape index (κ2) is 2.26. The monoisotopic (exact) mass is 152 g/mol. The van der Waals surface area contributed by atoms with Crippen molar-refractivity contribution in [3.63, 3.8) is 0 Å². The zero-order valence-electron chi connectivity index (χ0n) is 5.87. The van der Waals surface area contributed by atoms with Gasteiger partial charge in [0.1, 0.15) is 6.67 Å². The number of carbonyl (C=O) groups excluding carboxylic acids is 1. The van der Waals surface area contributed by atoms with Gasteiger partial charge in [0.05, 0.1) is 6.54 Å². The molecule has 0 saturated heterocycles. The number of hydrogen-bond acceptors (Lipinski definition) is 3. The number of fused-ring (bicyclic) bond motifs is 1. The summed E-state index contributed by atoms with van der Waals surface area (Å²) in [5, 5.41) is 5.49. The molecule has 2 amide bonds. The van der Waals surface area contributed by atoms with Crippen molar-refractivity contribution < 1.29 is 4.79 Å². The highest BCUT2D eigenvalue weighted by atomic mass is 16.2. The van der Waals surface area contributed by atoms with Crippen LogP contribution in [-0.2, 0) is 0 Å². The lowest BCUT2D eigenvalue weighted by atomic mass is 10.4. The second-order valence-electron chi connectivity index (χ2n) is 2.28. The standard InChI is InChI=1S/C6H8N4O/c11-6-9-4-8-5-7-2-1-3-10(5)6/h1-2H,3-4H2,(H,7,8)(H,9,11). The summed E-state index contributed by atoms with van der Waals surface area (Å²) >= 11 is 0. The van der Waals surface area contributed by atoms with E-state index in [1.807, 2.05) is 6.08 Å². The van der Waals surface area contributed by atoms with Crippen LogP contribution in [-0.4, -0.2) is 30.1 Å². The van der Waals surface area contributed by atoms with Gasteiger partial charge in [-0.2, -0.15) is 0 Å². The molecule has 0 atom stereocenters. The predicted octanol–water partition coefficient (Wildman–Crippen LogP) is -0.558. The summed E-state index contributed by atoms with van der Waals surface area (Å²) in [5.74, 6) is 0.635. The molecule has 2 aliphatic heterocycles. The molecule has 2 rings (SSSR count). The normalized spacial score (nSPS) is 21.6. The topological polar surface area (TPSA) is 56.7 Å². The number of amides is 2. The quantitative estimate of drug-likeness (QED) is 0.489. The molecule has 0 radical (unpaired) electrons. The maximum absolute atomic E-state index is 11.1. The van der Waals surface area contributed by atoms with E-state index < -0.39 is 0 Å². The Morgan fingerprint density at radius 2 is 2.55 bits per heavy atom. The van der Waals surface area contributed by atoms with Crippen LogP contribution in [0.15, 0.2) is 17.3 Å². The molecule has 5 nitrogen and oxygen atoms in total. The maximum atomic E-state index is 11.1. The summed E-state index contributed by atoms with van der Waals surface area (Å²) in [6.45, 7) is 0.961. The number of carbonyl (C=O) groups is 1. The number of nitrogens with zero attached hydrogens (tertiary/aromatic N) is 2. The van der Waals surface area contributed by atoms with E-state index in [1.165, 1.54) is 0 Å². The number of nitrogens with one attached hydrogen (secondary N) is 2. The number of guanidine groups is 1. The summed E-state index contributed by atoms with van der Waals surface area (Å²) in [7, 11) is 0. The molecule has 2 aliphatic rings. The molecule has 0 aliphatic carbocycles. The van der Waals surface area contributed by atoms with E-state index in [0.29, 0.717) is 19.2 Å². The van der Waals surface area contributed by atoms with E-state index in [1.54, 1.807) is 11.1 Å². The Bertz CT molecular complexity index is 245. The zero-order valence-corrected chi connectivity index (χ0v) is 5.87. The second-order valence-corrected chi connectivity index (χ2v) is 2.28. The highest BCUT2D eigenvalue weighted by molar-refractivity contribution is 5.98. The van der Waals surface area contributed by atoms with Gasteiger partial charge in [-0.15, -0.1) is 0 Å². The van der Waals surface area contributed by atoms with Crippen molar-refractivity contribution in [2.75, 3.05) is 13.2 Å². The summed E-state index contributed by atoms with van der Waals surface area (Å²) < 4.78 is 0. The van der Waals surface area contributed by atoms with Gasteiger partial charge in [0.25, 0.3) is 0 Å². The minimum absolute atomic E-state index is 0.0909. The lowest BCUT2D eigenvalue weighted by Gasteiger charge is -2.28. The summed E-state index contributed by atoms with van der Waals surface area (Å²) in [6, 6.07) is -0.0909. The van der Waals surface area contributed by atoms with E-state index in [9.17, 15) is 4.79 Å². The van der Waals surface area contributed by atoms with Crippen LogP contribution in [0.3, 0.4) is 0 Å². The molecule has 11 heavy (non-hydrogen) atoms. The highest BCUT2D eigenvalue weighted by Gasteiger charge is 2.22. The molecule has 5 heteroatoms. The molecule has 0 aromatic rings. The lowest BCUT2D eigenvalue weighted by Crippen LogP contribution is -2.53. The Hall–Kier alpha value is -1.52. The first kappa shape index (κ1) is 6.21. The lowest BCUT2D eigenvalue weighted by molar-refractivity contribution is 0.219. The number of urea groups is 1. The molecule has 58 valence electrons. The molecule has 2 N–H and O–H groups in total. The Balaban J connectivity index is 2.27. The van der Waals surface area contributed by atoms with Crippen LogP contribution in [0.1, 0.15) is 0 Å². The van der Waals surface area contributed by atoms with Gasteiger partial charge < -0.3 is 10.6 Å². The number of hydrogen-bond donors (Lipinski definition) is 2. The fourth-order valence-corrected chi connectivity index (χ4v) is 1.04. The van der Waals surface area contributed by atoms with Crippen LogP contribution in [0.5, 0.6) is 0 Å². The van der Waals surface area contributed by atoms with Crippen LogP contribution in [0.4, 0.5) is 4.79 Å². The van der Waals surface area contributed by atoms with Crippen LogP contribution in [0.25, 0.3) is 0 Å². The van der Waals surface area contributed by atoms with Gasteiger partial charge >= 0.3 is 6.03 Å². The first-order valence-electron chi connectivity index (χ1n) is 3.39. The Kier molecular flexibility index (Phi) is 1.28. The van der Waals surface area contributed by atoms with E-state index in [2.05, 4.69) is 15.6 Å². The third kappa shape index (κ3) is 0.938. The first-order chi connectivity index (χ1) is 5.38. The Morgan fingerprint density at radius 1 is 1.64 bits per heavy atom. The average Bonchev–Trinajstić information content (AvgIpc) is 2.06. The van der Waals surface area contributed by atoms with Crippen molar-refractivity contribution in [1.82, 2.24) is 15.5 Å². The first-order valence-corrected chi connectivity index (χ1v) is 3.39. The number of aliphatic imine (C=N–C) groups is 1. The molecule has 0 spiro atoms. The molecule has 0 unspecified atom stereocenters. The molecular weight excluding hydrogens is 144 g/mol. The fraction of sp³-hybridized carbons (Fsp3) is 0.333. The minimum atomic E-state index is -0.0909. The van der Waals surface area contributed by atoms with Crippen LogP contribution in [0.2, 0.25) is 0 Å². The molecule has 0 bridgehead atoms. The van der Waals surface area contributed by atoms with Crippen LogP contribution < -0.4 is 10.6 Å². The van der Waals surface area contributed by atoms with Crippen molar-refractivity contribution in [3.8, 4) is 0 Å². The van der Waals surface area contributed by atoms with Gasteiger partial charge in [0.15, 0.2) is 0 Å². The molecule has 2 heterocycles. The van der Waals surface area contributed by atoms with E-state index in [4.69, 9.17) is 0 Å². The molecule has 0 saturated carbocycles. The third-order valence-corrected chi connectivity index (χ3v) is 1.58. The molecule has 0 fully saturated rings. The fourth-order valence-electron chi connectivity index (χ4n) is 1.04. The van der Waals surface area contributed by atoms with Gasteiger partial charge in [-0.1, -0.05) is 0 Å². The Labute approximate surface area is 63.8 Å². The molecule has 0 aromatic carbocycles. The summed E-state index contributed by atoms with van der Waals surface area (Å²) in [6.07, 6.45) is 3.65. The average molecular weight is 152 g/mol. The zero-order chi connectivity index (χ0) is 7.68. The summed E-state index contributed by atoms with van der Waals surface area (Å²) in [5.41, 5.74) is 0. The Morgan fingerprint density at radius 3 is 3.36 bits per heavy atom. The van der Waals surface area contributed by atoms with Crippen molar-refractivity contribution >= 4 is 12.0 Å². The van der Waals surface area contributed by atoms with Crippen molar-refractivity contribution in [2.45, 2.75) is 0 Å². The van der Waals surface area contributed by atoms with E-state index in [-0.39, 0.29) is 6.03 Å². The van der Waals surface area contributed by atoms with Crippen molar-refractivity contribution in [1.29, 1.82) is 0 Å². The molecule has 0 aromatic heterocycles. The van der Waals surface area contributed by atoms with Crippen molar-refractivity contribution in [3.05, 3.63) is 12.3 Å². The summed E-state index contributed by atoms with van der Waals surface area (Å²) in [4.78, 5) is 16.7. The van der Waals surface area contributed by atoms with Gasteiger partial charge in [-0.25, -0.2) is 9.79 Å². The maximum Gasteiger partial charge on any atom is 0.325 e. The largest absolute Gasteiger partial charge is 0.333 e. The number of rotatable bonds is 0. The van der Waals surface area contributed by atoms with Crippen LogP contribution in [0, 0.1) is 0 Å². The highest BCUT2D eigenvalue weighted by Crippen LogP contribution is 2.00. The van der Waals surface area contributed by atoms with Crippen molar-refractivity contribution in [2.24, 2.45) is 4.99 Å². The van der Waals surface area contributed by atoms with Gasteiger partial charge in [0.2, 0.25) is 5.96 Å². The van der Waals surface area contributed by atoms with Gasteiger partial charge in [-0.05, 0) is 6.08 Å². The van der Waals surface area contributed by atoms with Gasteiger partial charge in [0, 0.05) is 6.20 Å².